The predicted molar refractivity (Wildman–Crippen MR) is 64.9 cm³/mol. The van der Waals surface area contributed by atoms with Crippen LogP contribution in [0, 0.1) is 5.92 Å². The molecule has 1 aromatic heterocycles. The first-order valence-electron chi connectivity index (χ1n) is 6.60. The van der Waals surface area contributed by atoms with Gasteiger partial charge in [-0.3, -0.25) is 0 Å². The van der Waals surface area contributed by atoms with E-state index in [0.717, 1.165) is 49.2 Å². The molecule has 4 heteroatoms. The van der Waals surface area contributed by atoms with Crippen molar-refractivity contribution in [3.8, 4) is 5.88 Å². The zero-order chi connectivity index (χ0) is 11.5. The van der Waals surface area contributed by atoms with Gasteiger partial charge in [0.25, 0.3) is 0 Å². The number of ether oxygens (including phenoxy) is 1. The van der Waals surface area contributed by atoms with Gasteiger partial charge in [0.1, 0.15) is 6.33 Å². The molecule has 2 aliphatic rings. The van der Waals surface area contributed by atoms with Crippen molar-refractivity contribution >= 4 is 0 Å². The van der Waals surface area contributed by atoms with Gasteiger partial charge in [-0.2, -0.15) is 0 Å². The maximum atomic E-state index is 5.90. The third-order valence-corrected chi connectivity index (χ3v) is 3.77. The summed E-state index contributed by atoms with van der Waals surface area (Å²) in [5.74, 6) is 1.53. The van der Waals surface area contributed by atoms with Crippen LogP contribution in [0.1, 0.15) is 36.9 Å². The van der Waals surface area contributed by atoms with Gasteiger partial charge in [0.05, 0.1) is 12.3 Å². The molecule has 0 radical (unpaired) electrons. The number of hydrogen-bond donors (Lipinski definition) is 1. The lowest BCUT2D eigenvalue weighted by Crippen LogP contribution is -2.26. The molecular formula is C13H19N3O. The van der Waals surface area contributed by atoms with Gasteiger partial charge in [-0.15, -0.1) is 0 Å². The largest absolute Gasteiger partial charge is 0.477 e. The summed E-state index contributed by atoms with van der Waals surface area (Å²) >= 11 is 0. The van der Waals surface area contributed by atoms with Crippen LogP contribution in [0.3, 0.4) is 0 Å². The van der Waals surface area contributed by atoms with E-state index < -0.39 is 0 Å². The molecule has 92 valence electrons. The third-order valence-electron chi connectivity index (χ3n) is 3.77. The zero-order valence-corrected chi connectivity index (χ0v) is 10.1. The molecule has 1 saturated carbocycles. The van der Waals surface area contributed by atoms with E-state index in [1.54, 1.807) is 6.33 Å². The monoisotopic (exact) mass is 233 g/mol. The third kappa shape index (κ3) is 2.41. The van der Waals surface area contributed by atoms with Gasteiger partial charge in [0, 0.05) is 25.1 Å². The highest BCUT2D eigenvalue weighted by atomic mass is 16.5. The van der Waals surface area contributed by atoms with Crippen molar-refractivity contribution in [3.63, 3.8) is 0 Å². The van der Waals surface area contributed by atoms with Gasteiger partial charge in [-0.05, 0) is 18.8 Å². The minimum atomic E-state index is 0.733. The molecule has 1 aliphatic heterocycles. The van der Waals surface area contributed by atoms with E-state index in [0.29, 0.717) is 0 Å². The van der Waals surface area contributed by atoms with Crippen LogP contribution in [0.2, 0.25) is 0 Å². The molecule has 1 aliphatic carbocycles. The second kappa shape index (κ2) is 5.00. The number of hydrogen-bond acceptors (Lipinski definition) is 4. The van der Waals surface area contributed by atoms with Crippen molar-refractivity contribution < 1.29 is 4.74 Å². The SMILES string of the molecule is c1nc2c(c(OCC3CCCC3)n1)CNCC2. The number of fused-ring (bicyclic) bond motifs is 1. The van der Waals surface area contributed by atoms with Crippen molar-refractivity contribution in [1.82, 2.24) is 15.3 Å². The lowest BCUT2D eigenvalue weighted by molar-refractivity contribution is 0.239. The standard InChI is InChI=1S/C13H19N3O/c1-2-4-10(3-1)8-17-13-11-7-14-6-5-12(11)15-9-16-13/h9-10,14H,1-8H2. The van der Waals surface area contributed by atoms with E-state index in [2.05, 4.69) is 15.3 Å². The molecule has 0 atom stereocenters. The second-order valence-corrected chi connectivity index (χ2v) is 4.99. The van der Waals surface area contributed by atoms with E-state index in [1.807, 2.05) is 0 Å². The van der Waals surface area contributed by atoms with Crippen molar-refractivity contribution in [2.75, 3.05) is 13.2 Å². The van der Waals surface area contributed by atoms with Gasteiger partial charge < -0.3 is 10.1 Å². The van der Waals surface area contributed by atoms with E-state index in [-0.39, 0.29) is 0 Å². The average Bonchev–Trinajstić information content (AvgIpc) is 2.89. The highest BCUT2D eigenvalue weighted by molar-refractivity contribution is 5.31. The average molecular weight is 233 g/mol. The molecule has 0 saturated heterocycles. The smallest absolute Gasteiger partial charge is 0.221 e. The van der Waals surface area contributed by atoms with Crippen LogP contribution in [0.5, 0.6) is 5.88 Å². The van der Waals surface area contributed by atoms with Gasteiger partial charge in [0.2, 0.25) is 5.88 Å². The topological polar surface area (TPSA) is 47.0 Å². The summed E-state index contributed by atoms with van der Waals surface area (Å²) in [5.41, 5.74) is 2.32. The maximum Gasteiger partial charge on any atom is 0.221 e. The molecule has 17 heavy (non-hydrogen) atoms. The molecular weight excluding hydrogens is 214 g/mol. The molecule has 0 unspecified atom stereocenters. The molecule has 4 nitrogen and oxygen atoms in total. The van der Waals surface area contributed by atoms with Crippen LogP contribution in [-0.2, 0) is 13.0 Å². The molecule has 0 bridgehead atoms. The fraction of sp³-hybridized carbons (Fsp3) is 0.692. The highest BCUT2D eigenvalue weighted by Crippen LogP contribution is 2.27. The number of rotatable bonds is 3. The molecule has 3 rings (SSSR count). The molecule has 1 N–H and O–H groups in total. The van der Waals surface area contributed by atoms with Crippen LogP contribution in [0.4, 0.5) is 0 Å². The molecule has 1 aromatic rings. The first-order chi connectivity index (χ1) is 8.43. The summed E-state index contributed by atoms with van der Waals surface area (Å²) in [4.78, 5) is 8.61. The Balaban J connectivity index is 1.69. The van der Waals surface area contributed by atoms with Crippen LogP contribution < -0.4 is 10.1 Å². The molecule has 1 fully saturated rings. The van der Waals surface area contributed by atoms with Gasteiger partial charge in [-0.1, -0.05) is 12.8 Å². The lowest BCUT2D eigenvalue weighted by atomic mass is 10.1. The Bertz CT molecular complexity index is 388. The zero-order valence-electron chi connectivity index (χ0n) is 10.1. The predicted octanol–water partition coefficient (Wildman–Crippen LogP) is 1.69. The number of nitrogens with one attached hydrogen (secondary N) is 1. The summed E-state index contributed by atoms with van der Waals surface area (Å²) in [6, 6.07) is 0. The normalized spacial score (nSPS) is 20.2. The van der Waals surface area contributed by atoms with Crippen molar-refractivity contribution in [3.05, 3.63) is 17.6 Å². The lowest BCUT2D eigenvalue weighted by Gasteiger charge is -2.19. The van der Waals surface area contributed by atoms with Crippen LogP contribution in [0.25, 0.3) is 0 Å². The summed E-state index contributed by atoms with van der Waals surface area (Å²) in [5, 5.41) is 3.35. The van der Waals surface area contributed by atoms with Gasteiger partial charge in [0.15, 0.2) is 0 Å². The first-order valence-corrected chi connectivity index (χ1v) is 6.60. The van der Waals surface area contributed by atoms with Crippen LogP contribution >= 0.6 is 0 Å². The van der Waals surface area contributed by atoms with E-state index in [4.69, 9.17) is 4.74 Å². The van der Waals surface area contributed by atoms with Crippen LogP contribution in [-0.4, -0.2) is 23.1 Å². The summed E-state index contributed by atoms with van der Waals surface area (Å²) in [6.45, 7) is 2.67. The Morgan fingerprint density at radius 2 is 2.18 bits per heavy atom. The maximum absolute atomic E-state index is 5.90. The Labute approximate surface area is 102 Å². The van der Waals surface area contributed by atoms with E-state index >= 15 is 0 Å². The number of nitrogens with zero attached hydrogens (tertiary/aromatic N) is 2. The summed E-state index contributed by atoms with van der Waals surface area (Å²) in [7, 11) is 0. The Kier molecular flexibility index (Phi) is 3.22. The minimum absolute atomic E-state index is 0.733. The van der Waals surface area contributed by atoms with E-state index in [9.17, 15) is 0 Å². The molecule has 2 heterocycles. The van der Waals surface area contributed by atoms with E-state index in [1.165, 1.54) is 25.7 Å². The minimum Gasteiger partial charge on any atom is -0.477 e. The second-order valence-electron chi connectivity index (χ2n) is 4.99. The van der Waals surface area contributed by atoms with Gasteiger partial charge >= 0.3 is 0 Å². The van der Waals surface area contributed by atoms with Crippen molar-refractivity contribution in [2.45, 2.75) is 38.6 Å². The fourth-order valence-electron chi connectivity index (χ4n) is 2.74. The molecule has 0 aromatic carbocycles. The Morgan fingerprint density at radius 1 is 1.29 bits per heavy atom. The Hall–Kier alpha value is -1.16. The fourth-order valence-corrected chi connectivity index (χ4v) is 2.74. The summed E-state index contributed by atoms with van der Waals surface area (Å²) < 4.78 is 5.90. The first kappa shape index (κ1) is 11.0. The number of aromatic nitrogens is 2. The van der Waals surface area contributed by atoms with Crippen LogP contribution in [0.15, 0.2) is 6.33 Å². The van der Waals surface area contributed by atoms with Gasteiger partial charge in [-0.25, -0.2) is 9.97 Å². The highest BCUT2D eigenvalue weighted by Gasteiger charge is 2.19. The van der Waals surface area contributed by atoms with Crippen molar-refractivity contribution in [1.29, 1.82) is 0 Å². The van der Waals surface area contributed by atoms with Crippen molar-refractivity contribution in [2.24, 2.45) is 5.92 Å². The molecule has 0 spiro atoms. The quantitative estimate of drug-likeness (QED) is 0.863. The Morgan fingerprint density at radius 3 is 3.06 bits per heavy atom. The molecule has 0 amide bonds. The summed E-state index contributed by atoms with van der Waals surface area (Å²) in [6.07, 6.45) is 7.96.